The lowest BCUT2D eigenvalue weighted by molar-refractivity contribution is -0.185. The van der Waals surface area contributed by atoms with Crippen LogP contribution in [0, 0.1) is 28.6 Å². The molecule has 8 nitrogen and oxygen atoms in total. The lowest BCUT2D eigenvalue weighted by atomic mass is 9.46. The van der Waals surface area contributed by atoms with E-state index in [1.807, 2.05) is 43.3 Å². The van der Waals surface area contributed by atoms with Crippen LogP contribution in [0.25, 0.3) is 0 Å². The third kappa shape index (κ3) is 5.05. The summed E-state index contributed by atoms with van der Waals surface area (Å²) < 4.78 is 16.5. The second-order valence-corrected chi connectivity index (χ2v) is 12.4. The van der Waals surface area contributed by atoms with Gasteiger partial charge < -0.3 is 19.3 Å². The van der Waals surface area contributed by atoms with Crippen molar-refractivity contribution in [2.24, 2.45) is 28.6 Å². The van der Waals surface area contributed by atoms with Crippen molar-refractivity contribution in [2.75, 3.05) is 13.2 Å². The maximum absolute atomic E-state index is 14.0. The van der Waals surface area contributed by atoms with Crippen molar-refractivity contribution in [1.29, 1.82) is 0 Å². The number of hydrogen-bond acceptors (Lipinski definition) is 8. The molecule has 8 heteroatoms. The van der Waals surface area contributed by atoms with Crippen molar-refractivity contribution in [2.45, 2.75) is 77.4 Å². The van der Waals surface area contributed by atoms with E-state index in [0.717, 1.165) is 24.0 Å². The van der Waals surface area contributed by atoms with Crippen LogP contribution in [0.5, 0.6) is 0 Å². The van der Waals surface area contributed by atoms with Gasteiger partial charge >= 0.3 is 12.1 Å². The summed E-state index contributed by atoms with van der Waals surface area (Å²) in [5.41, 5.74) is -0.904. The first kappa shape index (κ1) is 29.2. The Morgan fingerprint density at radius 3 is 2.56 bits per heavy atom. The number of esters is 1. The van der Waals surface area contributed by atoms with Crippen molar-refractivity contribution < 1.29 is 38.5 Å². The summed E-state index contributed by atoms with van der Waals surface area (Å²) in [5, 5.41) is 11.7. The van der Waals surface area contributed by atoms with Crippen molar-refractivity contribution in [3.8, 4) is 0 Å². The molecule has 0 bridgehead atoms. The fourth-order valence-corrected chi connectivity index (χ4v) is 8.51. The quantitative estimate of drug-likeness (QED) is 0.442. The highest BCUT2D eigenvalue weighted by Gasteiger charge is 2.70. The SMILES string of the molecule is CCOC(=O)O[C@]1(C(=O)COC(=O)CCc2ccccc2)CC[C@H]2[C@@H]3CCC4=CC(=O)C=C[C@]4(C)[C@H]3C(O)C[C@@]21C. The topological polar surface area (TPSA) is 116 Å². The smallest absolute Gasteiger partial charge is 0.457 e. The zero-order valence-electron chi connectivity index (χ0n) is 24.1. The average molecular weight is 565 g/mol. The number of carbonyl (C=O) groups is 4. The lowest BCUT2D eigenvalue weighted by Gasteiger charge is -2.59. The number of ketones is 2. The number of aliphatic hydroxyl groups excluding tert-OH is 1. The third-order valence-corrected chi connectivity index (χ3v) is 10.4. The van der Waals surface area contributed by atoms with Crippen LogP contribution in [0.15, 0.2) is 54.1 Å². The molecule has 7 atom stereocenters. The molecule has 0 saturated heterocycles. The number of hydrogen-bond donors (Lipinski definition) is 1. The van der Waals surface area contributed by atoms with Crippen LogP contribution >= 0.6 is 0 Å². The number of rotatable bonds is 8. The van der Waals surface area contributed by atoms with Crippen LogP contribution < -0.4 is 0 Å². The Bertz CT molecular complexity index is 1270. The van der Waals surface area contributed by atoms with Gasteiger partial charge in [0, 0.05) is 23.2 Å². The number of aliphatic hydroxyl groups is 1. The zero-order chi connectivity index (χ0) is 29.4. The maximum atomic E-state index is 14.0. The molecule has 1 aromatic carbocycles. The summed E-state index contributed by atoms with van der Waals surface area (Å²) in [7, 11) is 0. The molecule has 0 radical (unpaired) electrons. The number of allylic oxidation sites excluding steroid dienone is 4. The van der Waals surface area contributed by atoms with E-state index < -0.39 is 47.0 Å². The molecule has 41 heavy (non-hydrogen) atoms. The number of aryl methyl sites for hydroxylation is 1. The van der Waals surface area contributed by atoms with Crippen LogP contribution in [-0.4, -0.2) is 53.7 Å². The molecular formula is C33H40O8. The van der Waals surface area contributed by atoms with Crippen LogP contribution in [0.3, 0.4) is 0 Å². The Kier molecular flexibility index (Phi) is 7.99. The van der Waals surface area contributed by atoms with Crippen molar-refractivity contribution >= 4 is 23.7 Å². The normalized spacial score (nSPS) is 35.4. The van der Waals surface area contributed by atoms with Crippen molar-refractivity contribution in [1.82, 2.24) is 0 Å². The molecule has 4 aliphatic rings. The molecular weight excluding hydrogens is 524 g/mol. The zero-order valence-corrected chi connectivity index (χ0v) is 24.1. The molecule has 1 unspecified atom stereocenters. The predicted molar refractivity (Wildman–Crippen MR) is 150 cm³/mol. The highest BCUT2D eigenvalue weighted by molar-refractivity contribution is 6.01. The van der Waals surface area contributed by atoms with E-state index in [0.29, 0.717) is 12.8 Å². The maximum Gasteiger partial charge on any atom is 0.509 e. The summed E-state index contributed by atoms with van der Waals surface area (Å²) in [4.78, 5) is 51.4. The minimum Gasteiger partial charge on any atom is -0.457 e. The Morgan fingerprint density at radius 2 is 1.83 bits per heavy atom. The molecule has 1 N–H and O–H groups in total. The minimum absolute atomic E-state index is 0.0209. The Hall–Kier alpha value is -3.26. The summed E-state index contributed by atoms with van der Waals surface area (Å²) in [6.07, 6.45) is 6.71. The van der Waals surface area contributed by atoms with Gasteiger partial charge in [-0.2, -0.15) is 0 Å². The fourth-order valence-electron chi connectivity index (χ4n) is 8.51. The molecule has 4 aliphatic carbocycles. The van der Waals surface area contributed by atoms with E-state index in [1.165, 1.54) is 0 Å². The lowest BCUT2D eigenvalue weighted by Crippen LogP contribution is -2.63. The first-order valence-corrected chi connectivity index (χ1v) is 14.7. The number of Topliss-reactive ketones (excluding diaryl/α,β-unsaturated/α-hetero) is 1. The highest BCUT2D eigenvalue weighted by atomic mass is 16.7. The van der Waals surface area contributed by atoms with Gasteiger partial charge in [-0.05, 0) is 75.0 Å². The third-order valence-electron chi connectivity index (χ3n) is 10.4. The Balaban J connectivity index is 1.38. The standard InChI is InChI=1S/C33H40O8/c1-4-39-30(38)41-33(27(36)20-40-28(37)13-10-21-8-6-5-7-9-21)17-15-25-24-12-11-22-18-23(34)14-16-31(22,2)29(24)26(35)19-32(25,33)3/h5-9,14,16,18,24-26,29,35H,4,10-13,15,17,19-20H2,1-3H3/t24-,25-,26?,29+,31-,32-,33-/m0/s1. The number of fused-ring (bicyclic) bond motifs is 5. The van der Waals surface area contributed by atoms with E-state index in [-0.39, 0.29) is 49.4 Å². The Morgan fingerprint density at radius 1 is 1.07 bits per heavy atom. The van der Waals surface area contributed by atoms with Crippen LogP contribution in [0.4, 0.5) is 4.79 Å². The van der Waals surface area contributed by atoms with Gasteiger partial charge in [0.25, 0.3) is 0 Å². The molecule has 220 valence electrons. The minimum atomic E-state index is -1.59. The largest absolute Gasteiger partial charge is 0.509 e. The van der Waals surface area contributed by atoms with Crippen LogP contribution in [0.2, 0.25) is 0 Å². The van der Waals surface area contributed by atoms with Crippen molar-refractivity contribution in [3.05, 3.63) is 59.7 Å². The van der Waals surface area contributed by atoms with E-state index in [2.05, 4.69) is 6.92 Å². The number of ether oxygens (including phenoxy) is 3. The average Bonchev–Trinajstić information content (AvgIpc) is 3.23. The molecule has 0 aromatic heterocycles. The predicted octanol–water partition coefficient (Wildman–Crippen LogP) is 4.92. The molecule has 0 spiro atoms. The molecule has 0 heterocycles. The van der Waals surface area contributed by atoms with E-state index in [1.54, 1.807) is 19.1 Å². The monoisotopic (exact) mass is 564 g/mol. The summed E-state index contributed by atoms with van der Waals surface area (Å²) in [6, 6.07) is 9.55. The van der Waals surface area contributed by atoms with E-state index in [4.69, 9.17) is 14.2 Å². The van der Waals surface area contributed by atoms with E-state index >= 15 is 0 Å². The summed E-state index contributed by atoms with van der Waals surface area (Å²) in [5.74, 6) is -1.12. The molecule has 1 aromatic rings. The first-order valence-electron chi connectivity index (χ1n) is 14.7. The molecule has 3 saturated carbocycles. The van der Waals surface area contributed by atoms with Gasteiger partial charge in [0.05, 0.1) is 12.7 Å². The molecule has 3 fully saturated rings. The Labute approximate surface area is 241 Å². The molecule has 0 aliphatic heterocycles. The summed E-state index contributed by atoms with van der Waals surface area (Å²) >= 11 is 0. The van der Waals surface area contributed by atoms with Crippen LogP contribution in [0.1, 0.15) is 64.9 Å². The fraction of sp³-hybridized carbons (Fsp3) is 0.576. The second-order valence-electron chi connectivity index (χ2n) is 12.4. The van der Waals surface area contributed by atoms with E-state index in [9.17, 15) is 24.3 Å². The van der Waals surface area contributed by atoms with Gasteiger partial charge in [0.2, 0.25) is 5.78 Å². The van der Waals surface area contributed by atoms with Gasteiger partial charge in [-0.3, -0.25) is 14.4 Å². The summed E-state index contributed by atoms with van der Waals surface area (Å²) in [6.45, 7) is 5.24. The number of carbonyl (C=O) groups excluding carboxylic acids is 4. The first-order chi connectivity index (χ1) is 19.5. The van der Waals surface area contributed by atoms with Crippen LogP contribution in [-0.2, 0) is 35.0 Å². The van der Waals surface area contributed by atoms with Crippen molar-refractivity contribution in [3.63, 3.8) is 0 Å². The van der Waals surface area contributed by atoms with Gasteiger partial charge in [-0.1, -0.05) is 55.8 Å². The number of benzene rings is 1. The van der Waals surface area contributed by atoms with Gasteiger partial charge in [0.1, 0.15) is 0 Å². The van der Waals surface area contributed by atoms with Gasteiger partial charge in [-0.15, -0.1) is 0 Å². The second kappa shape index (κ2) is 11.2. The molecule has 5 rings (SSSR count). The van der Waals surface area contributed by atoms with Gasteiger partial charge in [0.15, 0.2) is 18.0 Å². The molecule has 0 amide bonds. The highest BCUT2D eigenvalue weighted by Crippen LogP contribution is 2.68. The van der Waals surface area contributed by atoms with Gasteiger partial charge in [-0.25, -0.2) is 4.79 Å².